The van der Waals surface area contributed by atoms with Crippen LogP contribution in [-0.4, -0.2) is 47.2 Å². The number of hydrazone groups is 4. The van der Waals surface area contributed by atoms with Gasteiger partial charge in [-0.3, -0.25) is 19.2 Å². The number of carbonyl (C=O) groups is 4. The number of nitrogens with zero attached hydrogens (tertiary/aromatic N) is 4. The van der Waals surface area contributed by atoms with Crippen LogP contribution in [0.4, 0.5) is 0 Å². The Morgan fingerprint density at radius 2 is 0.617 bits per heavy atom. The van der Waals surface area contributed by atoms with Gasteiger partial charge in [0.05, 0.1) is 63.9 Å². The Balaban J connectivity index is 0.000000231. The highest BCUT2D eigenvalue weighted by Gasteiger charge is 2.32. The van der Waals surface area contributed by atoms with Crippen LogP contribution in [-0.2, 0) is 19.2 Å². The van der Waals surface area contributed by atoms with Crippen LogP contribution in [0.25, 0.3) is 0 Å². The second-order valence-electron chi connectivity index (χ2n) is 19.9. The summed E-state index contributed by atoms with van der Waals surface area (Å²) >= 11 is 49.0. The molecule has 81 heavy (non-hydrogen) atoms. The monoisotopic (exact) mass is 1270 g/mol. The van der Waals surface area contributed by atoms with Gasteiger partial charge in [-0.15, -0.1) is 20.4 Å². The van der Waals surface area contributed by atoms with Crippen molar-refractivity contribution in [3.8, 4) is 23.0 Å². The van der Waals surface area contributed by atoms with Crippen molar-refractivity contribution in [1.82, 2.24) is 21.7 Å². The van der Waals surface area contributed by atoms with Crippen LogP contribution < -0.4 is 40.7 Å². The molecule has 4 aliphatic heterocycles. The lowest BCUT2D eigenvalue weighted by atomic mass is 9.91. The lowest BCUT2D eigenvalue weighted by molar-refractivity contribution is -0.127. The summed E-state index contributed by atoms with van der Waals surface area (Å²) in [5, 5.41) is 18.9. The highest BCUT2D eigenvalue weighted by Crippen LogP contribution is 2.39. The first-order valence-corrected chi connectivity index (χ1v) is 27.9. The Kier molecular flexibility index (Phi) is 25.7. The molecule has 0 aliphatic carbocycles. The number of rotatable bonds is 8. The lowest BCUT2D eigenvalue weighted by Crippen LogP contribution is -2.38. The Bertz CT molecular complexity index is 2900. The van der Waals surface area contributed by atoms with Crippen LogP contribution in [0.5, 0.6) is 23.0 Å². The summed E-state index contributed by atoms with van der Waals surface area (Å²) < 4.78 is 22.6. The number of hydrogen-bond acceptors (Lipinski definition) is 12. The van der Waals surface area contributed by atoms with Gasteiger partial charge in [0.1, 0.15) is 0 Å². The van der Waals surface area contributed by atoms with Crippen LogP contribution in [0, 0.1) is 63.2 Å². The fourth-order valence-electron chi connectivity index (χ4n) is 7.81. The molecule has 0 spiro atoms. The van der Waals surface area contributed by atoms with Gasteiger partial charge in [-0.25, -0.2) is 21.7 Å². The van der Waals surface area contributed by atoms with Gasteiger partial charge in [0.15, 0.2) is 23.0 Å². The predicted molar refractivity (Wildman–Crippen MR) is 328 cm³/mol. The van der Waals surface area contributed by atoms with Crippen LogP contribution >= 0.6 is 92.8 Å². The minimum atomic E-state index is -0.356. The third kappa shape index (κ3) is 19.3. The highest BCUT2D eigenvalue weighted by atomic mass is 35.5. The van der Waals surface area contributed by atoms with Gasteiger partial charge in [-0.2, -0.15) is 0 Å². The van der Waals surface area contributed by atoms with E-state index >= 15 is 0 Å². The van der Waals surface area contributed by atoms with Crippen LogP contribution in [0.3, 0.4) is 0 Å². The third-order valence-corrected chi connectivity index (χ3v) is 14.5. The summed E-state index contributed by atoms with van der Waals surface area (Å²) in [5.74, 6) is 1.77. The molecule has 436 valence electrons. The molecule has 4 heterocycles. The minimum absolute atomic E-state index is 0. The zero-order chi connectivity index (χ0) is 59.4. The van der Waals surface area contributed by atoms with Gasteiger partial charge < -0.3 is 18.9 Å². The van der Waals surface area contributed by atoms with E-state index in [0.717, 1.165) is 33.4 Å². The second-order valence-corrected chi connectivity index (χ2v) is 23.1. The average molecular weight is 1270 g/mol. The number of aryl methyl sites for hydroxylation is 4. The van der Waals surface area contributed by atoms with E-state index in [1.54, 1.807) is 62.4 Å². The van der Waals surface area contributed by atoms with Crippen molar-refractivity contribution < 1.29 is 38.1 Å². The van der Waals surface area contributed by atoms with Crippen molar-refractivity contribution in [2.45, 2.75) is 102 Å². The van der Waals surface area contributed by atoms with E-state index < -0.39 is 0 Å². The van der Waals surface area contributed by atoms with Crippen molar-refractivity contribution in [3.05, 3.63) is 135 Å². The number of nitrogens with one attached hydrogen (secondary N) is 4. The van der Waals surface area contributed by atoms with E-state index in [-0.39, 0.29) is 66.6 Å². The van der Waals surface area contributed by atoms with E-state index in [9.17, 15) is 19.2 Å². The van der Waals surface area contributed by atoms with Crippen LogP contribution in [0.15, 0.2) is 93.2 Å². The molecule has 8 rings (SSSR count). The molecule has 4 unspecified atom stereocenters. The summed E-state index contributed by atoms with van der Waals surface area (Å²) in [7, 11) is 0. The predicted octanol–water partition coefficient (Wildman–Crippen LogP) is 15.6. The zero-order valence-corrected chi connectivity index (χ0v) is 51.5. The second kappa shape index (κ2) is 30.7. The first kappa shape index (κ1) is 67.9. The number of amides is 4. The standard InChI is InChI=1S/2C14H16Cl2N2O2.2C14H14Cl2N2O2.CH4/c4*1-7(2)9-6-12(17-18-14(9)19)20-13-10(15)4-8(3)5-11(13)16;/h2*4-5,7,9H,6H2,1-3H3,(H,18,19);2*4-5,9H,1,6H2,2-3H3,(H,18,19);1H4. The number of benzene rings is 4. The number of hydrogen-bond donors (Lipinski definition) is 4. The zero-order valence-electron chi connectivity index (χ0n) is 45.4. The van der Waals surface area contributed by atoms with Crippen molar-refractivity contribution in [3.63, 3.8) is 0 Å². The molecule has 24 heteroatoms. The van der Waals surface area contributed by atoms with Gasteiger partial charge in [0.2, 0.25) is 47.2 Å². The van der Waals surface area contributed by atoms with Gasteiger partial charge in [0, 0.05) is 25.7 Å². The Morgan fingerprint density at radius 3 is 0.815 bits per heavy atom. The van der Waals surface area contributed by atoms with Crippen LogP contribution in [0.2, 0.25) is 40.2 Å². The Hall–Kier alpha value is -5.56. The molecule has 0 fully saturated rings. The lowest BCUT2D eigenvalue weighted by Gasteiger charge is -2.24. The van der Waals surface area contributed by atoms with Gasteiger partial charge >= 0.3 is 0 Å². The summed E-state index contributed by atoms with van der Waals surface area (Å²) in [6.07, 6.45) is 1.54. The summed E-state index contributed by atoms with van der Waals surface area (Å²) in [6.45, 7) is 26.7. The first-order chi connectivity index (χ1) is 37.5. The number of halogens is 8. The topological polar surface area (TPSA) is 203 Å². The Morgan fingerprint density at radius 1 is 0.420 bits per heavy atom. The molecule has 4 aromatic carbocycles. The molecule has 16 nitrogen and oxygen atoms in total. The van der Waals surface area contributed by atoms with E-state index in [2.05, 4.69) is 55.3 Å². The maximum atomic E-state index is 11.7. The molecule has 0 saturated heterocycles. The van der Waals surface area contributed by atoms with E-state index in [1.807, 2.05) is 55.4 Å². The van der Waals surface area contributed by atoms with E-state index in [1.165, 1.54) is 0 Å². The van der Waals surface area contributed by atoms with Crippen LogP contribution in [0.1, 0.15) is 96.9 Å². The molecular weight excluding hydrogens is 1210 g/mol. The maximum absolute atomic E-state index is 11.7. The summed E-state index contributed by atoms with van der Waals surface area (Å²) in [6, 6.07) is 14.1. The average Bonchev–Trinajstić information content (AvgIpc) is 3.36. The quantitative estimate of drug-likeness (QED) is 0.125. The fourth-order valence-corrected chi connectivity index (χ4v) is 10.5. The third-order valence-electron chi connectivity index (χ3n) is 12.3. The van der Waals surface area contributed by atoms with E-state index in [0.29, 0.717) is 112 Å². The summed E-state index contributed by atoms with van der Waals surface area (Å²) in [4.78, 5) is 46.6. The molecule has 4 N–H and O–H groups in total. The molecule has 0 aromatic heterocycles. The molecule has 4 atom stereocenters. The maximum Gasteiger partial charge on any atom is 0.247 e. The minimum Gasteiger partial charge on any atom is -0.438 e. The molecule has 0 saturated carbocycles. The van der Waals surface area contributed by atoms with E-state index in [4.69, 9.17) is 112 Å². The van der Waals surface area contributed by atoms with Gasteiger partial charge in [-0.1, -0.05) is 152 Å². The fraction of sp³-hybridized carbons (Fsp3) is 0.368. The summed E-state index contributed by atoms with van der Waals surface area (Å²) in [5.41, 5.74) is 15.0. The molecule has 4 aromatic rings. The largest absolute Gasteiger partial charge is 0.438 e. The molecule has 0 bridgehead atoms. The molecular formula is C57H64Cl8N8O8. The normalized spacial score (nSPS) is 18.3. The highest BCUT2D eigenvalue weighted by molar-refractivity contribution is 6.39. The number of carbonyl (C=O) groups excluding carboxylic acids is 4. The van der Waals surface area contributed by atoms with Crippen molar-refractivity contribution in [1.29, 1.82) is 0 Å². The first-order valence-electron chi connectivity index (χ1n) is 24.8. The Labute approximate surface area is 512 Å². The van der Waals surface area contributed by atoms with Crippen molar-refractivity contribution in [2.24, 2.45) is 55.9 Å². The van der Waals surface area contributed by atoms with Crippen molar-refractivity contribution >= 4 is 140 Å². The van der Waals surface area contributed by atoms with Gasteiger partial charge in [-0.05, 0) is 124 Å². The smallest absolute Gasteiger partial charge is 0.247 e. The molecule has 4 amide bonds. The SMILES string of the molecule is C.C=C(C)C1CC(Oc2c(Cl)cc(C)cc2Cl)=NNC1=O.C=C(C)C1CC(Oc2c(Cl)cc(C)cc2Cl)=NNC1=O.Cc1cc(Cl)c(OC2=NNC(=O)C(C(C)C)C2)c(Cl)c1.Cc1cc(Cl)c(OC2=NNC(=O)C(C(C)C)C2)c(Cl)c1. The molecule has 4 aliphatic rings. The van der Waals surface area contributed by atoms with Gasteiger partial charge in [0.25, 0.3) is 0 Å². The number of ether oxygens (including phenoxy) is 4. The molecule has 0 radical (unpaired) electrons. The van der Waals surface area contributed by atoms with Crippen molar-refractivity contribution in [2.75, 3.05) is 0 Å².